The van der Waals surface area contributed by atoms with Crippen molar-refractivity contribution in [1.82, 2.24) is 4.90 Å². The van der Waals surface area contributed by atoms with Gasteiger partial charge in [0.15, 0.2) is 5.78 Å². The summed E-state index contributed by atoms with van der Waals surface area (Å²) in [6.45, 7) is 5.32. The van der Waals surface area contributed by atoms with Gasteiger partial charge in [0.05, 0.1) is 12.0 Å². The zero-order chi connectivity index (χ0) is 16.6. The number of hydrogen-bond acceptors (Lipinski definition) is 3. The largest absolute Gasteiger partial charge is 0.486 e. The molecule has 0 aliphatic carbocycles. The summed E-state index contributed by atoms with van der Waals surface area (Å²) in [4.78, 5) is 26.5. The fourth-order valence-electron chi connectivity index (χ4n) is 3.62. The Morgan fingerprint density at radius 3 is 2.65 bits per heavy atom. The van der Waals surface area contributed by atoms with Gasteiger partial charge < -0.3 is 9.64 Å². The number of benzene rings is 1. The molecule has 0 saturated carbocycles. The second-order valence-electron chi connectivity index (χ2n) is 6.66. The second-order valence-corrected chi connectivity index (χ2v) is 7.46. The summed E-state index contributed by atoms with van der Waals surface area (Å²) in [5.41, 5.74) is 2.38. The summed E-state index contributed by atoms with van der Waals surface area (Å²) in [5.74, 6) is 1.08. The maximum absolute atomic E-state index is 12.6. The van der Waals surface area contributed by atoms with Crippen molar-refractivity contribution in [2.75, 3.05) is 18.4 Å². The van der Waals surface area contributed by atoms with E-state index in [-0.39, 0.29) is 11.7 Å². The smallest absolute Gasteiger partial charge is 0.223 e. The van der Waals surface area contributed by atoms with E-state index in [1.165, 1.54) is 0 Å². The molecule has 0 aromatic heterocycles. The second kappa shape index (κ2) is 6.27. The molecule has 124 valence electrons. The zero-order valence-corrected chi connectivity index (χ0v) is 15.2. The van der Waals surface area contributed by atoms with Crippen LogP contribution in [0, 0.1) is 13.8 Å². The van der Waals surface area contributed by atoms with Crippen molar-refractivity contribution >= 4 is 27.6 Å². The van der Waals surface area contributed by atoms with Crippen LogP contribution in [0.3, 0.4) is 0 Å². The molecule has 1 amide bonds. The lowest BCUT2D eigenvalue weighted by atomic mass is 9.81. The lowest BCUT2D eigenvalue weighted by molar-refractivity contribution is -0.134. The molecule has 2 aliphatic rings. The fourth-order valence-corrected chi connectivity index (χ4v) is 3.96. The van der Waals surface area contributed by atoms with Gasteiger partial charge in [-0.25, -0.2) is 0 Å². The first-order valence-electron chi connectivity index (χ1n) is 8.11. The van der Waals surface area contributed by atoms with E-state index in [1.54, 1.807) is 0 Å². The van der Waals surface area contributed by atoms with Crippen molar-refractivity contribution in [3.8, 4) is 5.75 Å². The van der Waals surface area contributed by atoms with Crippen LogP contribution in [-0.2, 0) is 4.79 Å². The molecule has 2 aliphatic heterocycles. The molecular weight excluding hydrogens is 358 g/mol. The molecule has 23 heavy (non-hydrogen) atoms. The van der Waals surface area contributed by atoms with Crippen molar-refractivity contribution in [2.24, 2.45) is 0 Å². The van der Waals surface area contributed by atoms with Gasteiger partial charge in [0.25, 0.3) is 0 Å². The Balaban J connectivity index is 1.79. The van der Waals surface area contributed by atoms with Crippen molar-refractivity contribution < 1.29 is 14.3 Å². The fraction of sp³-hybridized carbons (Fsp3) is 0.556. The first-order valence-corrected chi connectivity index (χ1v) is 9.23. The minimum absolute atomic E-state index is 0.165. The first-order chi connectivity index (χ1) is 10.9. The van der Waals surface area contributed by atoms with Gasteiger partial charge in [-0.3, -0.25) is 9.59 Å². The number of rotatable bonds is 2. The SMILES string of the molecule is Cc1cc(C)c2c(c1)C(=O)CC1(CCN(C(=O)CCBr)CC1)O2. The summed E-state index contributed by atoms with van der Waals surface area (Å²) in [5, 5.41) is 0.689. The average Bonchev–Trinajstić information content (AvgIpc) is 2.50. The summed E-state index contributed by atoms with van der Waals surface area (Å²) in [7, 11) is 0. The van der Waals surface area contributed by atoms with Gasteiger partial charge >= 0.3 is 0 Å². The minimum atomic E-state index is -0.435. The summed E-state index contributed by atoms with van der Waals surface area (Å²) in [6, 6.07) is 3.98. The highest BCUT2D eigenvalue weighted by atomic mass is 79.9. The monoisotopic (exact) mass is 379 g/mol. The van der Waals surface area contributed by atoms with Crippen LogP contribution in [0.1, 0.15) is 47.2 Å². The Morgan fingerprint density at radius 1 is 1.30 bits per heavy atom. The van der Waals surface area contributed by atoms with Crippen molar-refractivity contribution in [2.45, 2.75) is 45.1 Å². The average molecular weight is 380 g/mol. The van der Waals surface area contributed by atoms with E-state index in [4.69, 9.17) is 4.74 Å². The van der Waals surface area contributed by atoms with E-state index >= 15 is 0 Å². The highest BCUT2D eigenvalue weighted by Crippen LogP contribution is 2.41. The first kappa shape index (κ1) is 16.5. The number of aryl methyl sites for hydroxylation is 2. The molecule has 5 heteroatoms. The number of amides is 1. The summed E-state index contributed by atoms with van der Waals surface area (Å²) >= 11 is 3.31. The lowest BCUT2D eigenvalue weighted by Gasteiger charge is -2.44. The molecule has 1 saturated heterocycles. The van der Waals surface area contributed by atoms with Crippen LogP contribution < -0.4 is 4.74 Å². The molecule has 2 heterocycles. The maximum Gasteiger partial charge on any atom is 0.223 e. The summed E-state index contributed by atoms with van der Waals surface area (Å²) < 4.78 is 6.34. The van der Waals surface area contributed by atoms with Crippen LogP contribution >= 0.6 is 15.9 Å². The number of ketones is 1. The van der Waals surface area contributed by atoms with Gasteiger partial charge in [0.1, 0.15) is 11.4 Å². The number of carbonyl (C=O) groups is 2. The van der Waals surface area contributed by atoms with Crippen LogP contribution in [0.25, 0.3) is 0 Å². The van der Waals surface area contributed by atoms with Crippen LogP contribution in [0.15, 0.2) is 12.1 Å². The molecule has 1 spiro atoms. The Bertz CT molecular complexity index is 648. The molecule has 0 radical (unpaired) electrons. The molecular formula is C18H22BrNO3. The quantitative estimate of drug-likeness (QED) is 0.739. The number of hydrogen-bond donors (Lipinski definition) is 0. The maximum atomic E-state index is 12.6. The van der Waals surface area contributed by atoms with Gasteiger partial charge in [0, 0.05) is 37.7 Å². The molecule has 0 atom stereocenters. The zero-order valence-electron chi connectivity index (χ0n) is 13.7. The molecule has 0 N–H and O–H groups in total. The Labute approximate surface area is 145 Å². The standard InChI is InChI=1S/C18H22BrNO3/c1-12-9-13(2)17-14(10-12)15(21)11-18(23-17)4-7-20(8-5-18)16(22)3-6-19/h9-10H,3-8,11H2,1-2H3. The predicted molar refractivity (Wildman–Crippen MR) is 92.4 cm³/mol. The number of Topliss-reactive ketones (excluding diaryl/α,β-unsaturated/α-hetero) is 1. The van der Waals surface area contributed by atoms with Gasteiger partial charge in [-0.1, -0.05) is 22.0 Å². The van der Waals surface area contributed by atoms with E-state index in [9.17, 15) is 9.59 Å². The van der Waals surface area contributed by atoms with E-state index in [0.29, 0.717) is 36.8 Å². The Morgan fingerprint density at radius 2 is 2.00 bits per heavy atom. The van der Waals surface area contributed by atoms with Gasteiger partial charge in [-0.2, -0.15) is 0 Å². The third-order valence-electron chi connectivity index (χ3n) is 4.86. The molecule has 0 bridgehead atoms. The van der Waals surface area contributed by atoms with Gasteiger partial charge in [0.2, 0.25) is 5.91 Å². The van der Waals surface area contributed by atoms with Crippen LogP contribution in [0.5, 0.6) is 5.75 Å². The Hall–Kier alpha value is -1.36. The molecule has 1 fully saturated rings. The highest BCUT2D eigenvalue weighted by Gasteiger charge is 2.44. The number of nitrogens with zero attached hydrogens (tertiary/aromatic N) is 1. The van der Waals surface area contributed by atoms with Crippen LogP contribution in [0.2, 0.25) is 0 Å². The van der Waals surface area contributed by atoms with Gasteiger partial charge in [-0.05, 0) is 31.0 Å². The molecule has 1 aromatic carbocycles. The van der Waals surface area contributed by atoms with Crippen molar-refractivity contribution in [1.29, 1.82) is 0 Å². The molecule has 4 nitrogen and oxygen atoms in total. The number of fused-ring (bicyclic) bond motifs is 1. The topological polar surface area (TPSA) is 46.6 Å². The van der Waals surface area contributed by atoms with E-state index in [1.807, 2.05) is 24.8 Å². The number of alkyl halides is 1. The number of halogens is 1. The predicted octanol–water partition coefficient (Wildman–Crippen LogP) is 3.41. The normalized spacial score (nSPS) is 19.4. The Kier molecular flexibility index (Phi) is 4.50. The van der Waals surface area contributed by atoms with Crippen LogP contribution in [-0.4, -0.2) is 40.6 Å². The third-order valence-corrected chi connectivity index (χ3v) is 5.25. The van der Waals surface area contributed by atoms with E-state index in [0.717, 1.165) is 29.7 Å². The number of likely N-dealkylation sites (tertiary alicyclic amines) is 1. The number of piperidine rings is 1. The minimum Gasteiger partial charge on any atom is -0.486 e. The lowest BCUT2D eigenvalue weighted by Crippen LogP contribution is -2.52. The van der Waals surface area contributed by atoms with Crippen molar-refractivity contribution in [3.05, 3.63) is 28.8 Å². The van der Waals surface area contributed by atoms with E-state index < -0.39 is 5.60 Å². The summed E-state index contributed by atoms with van der Waals surface area (Å²) in [6.07, 6.45) is 2.39. The van der Waals surface area contributed by atoms with Gasteiger partial charge in [-0.15, -0.1) is 0 Å². The van der Waals surface area contributed by atoms with Crippen molar-refractivity contribution in [3.63, 3.8) is 0 Å². The molecule has 3 rings (SSSR count). The molecule has 1 aromatic rings. The number of ether oxygens (including phenoxy) is 1. The third kappa shape index (κ3) is 3.16. The van der Waals surface area contributed by atoms with E-state index in [2.05, 4.69) is 22.0 Å². The molecule has 0 unspecified atom stereocenters. The highest BCUT2D eigenvalue weighted by molar-refractivity contribution is 9.09. The van der Waals surface area contributed by atoms with Crippen LogP contribution in [0.4, 0.5) is 0 Å². The number of carbonyl (C=O) groups excluding carboxylic acids is 2.